The van der Waals surface area contributed by atoms with Gasteiger partial charge < -0.3 is 10.2 Å². The molecule has 1 amide bonds. The molecule has 21 heavy (non-hydrogen) atoms. The molecule has 0 atom stereocenters. The van der Waals surface area contributed by atoms with Crippen LogP contribution in [0.1, 0.15) is 41.8 Å². The Bertz CT molecular complexity index is 478. The van der Waals surface area contributed by atoms with Gasteiger partial charge in [-0.25, -0.2) is 0 Å². The lowest BCUT2D eigenvalue weighted by molar-refractivity contribution is 0.0940. The highest BCUT2D eigenvalue weighted by Crippen LogP contribution is 2.32. The summed E-state index contributed by atoms with van der Waals surface area (Å²) in [6.07, 6.45) is 6.71. The van der Waals surface area contributed by atoms with Crippen LogP contribution in [0, 0.1) is 11.8 Å². The fraction of sp³-hybridized carbons (Fsp3) is 0.688. The second kappa shape index (κ2) is 7.12. The van der Waals surface area contributed by atoms with E-state index in [9.17, 15) is 4.79 Å². The van der Waals surface area contributed by atoms with E-state index < -0.39 is 0 Å². The summed E-state index contributed by atoms with van der Waals surface area (Å²) >= 11 is 7.20. The van der Waals surface area contributed by atoms with Crippen LogP contribution in [0.25, 0.3) is 0 Å². The zero-order chi connectivity index (χ0) is 14.7. The van der Waals surface area contributed by atoms with Gasteiger partial charge in [0.15, 0.2) is 0 Å². The first kappa shape index (κ1) is 15.3. The molecule has 3 nitrogen and oxygen atoms in total. The van der Waals surface area contributed by atoms with Gasteiger partial charge in [0.2, 0.25) is 0 Å². The van der Waals surface area contributed by atoms with Crippen LogP contribution < -0.4 is 5.32 Å². The number of piperidine rings is 1. The first-order valence-corrected chi connectivity index (χ1v) is 9.16. The van der Waals surface area contributed by atoms with Gasteiger partial charge in [0.05, 0.1) is 9.21 Å². The minimum absolute atomic E-state index is 0.0167. The molecule has 5 heteroatoms. The predicted molar refractivity (Wildman–Crippen MR) is 88.2 cm³/mol. The number of carbonyl (C=O) groups is 1. The van der Waals surface area contributed by atoms with Gasteiger partial charge in [0.1, 0.15) is 0 Å². The minimum Gasteiger partial charge on any atom is -0.351 e. The summed E-state index contributed by atoms with van der Waals surface area (Å²) in [5.41, 5.74) is 0. The molecule has 2 heterocycles. The summed E-state index contributed by atoms with van der Waals surface area (Å²) in [6.45, 7) is 4.46. The number of nitrogens with one attached hydrogen (secondary N) is 1. The van der Waals surface area contributed by atoms with Crippen molar-refractivity contribution in [2.75, 3.05) is 26.2 Å². The van der Waals surface area contributed by atoms with Crippen molar-refractivity contribution in [3.63, 3.8) is 0 Å². The molecular formula is C16H23ClN2OS. The highest BCUT2D eigenvalue weighted by molar-refractivity contribution is 7.17. The first-order valence-electron chi connectivity index (χ1n) is 7.96. The average Bonchev–Trinajstić information content (AvgIpc) is 3.23. The topological polar surface area (TPSA) is 32.3 Å². The number of hydrogen-bond donors (Lipinski definition) is 1. The van der Waals surface area contributed by atoms with Crippen LogP contribution in [0.15, 0.2) is 12.1 Å². The van der Waals surface area contributed by atoms with Gasteiger partial charge in [0.25, 0.3) is 5.91 Å². The number of rotatable bonds is 6. The third kappa shape index (κ3) is 4.70. The van der Waals surface area contributed by atoms with Gasteiger partial charge in [-0.3, -0.25) is 4.79 Å². The number of nitrogens with zero attached hydrogens (tertiary/aromatic N) is 1. The third-order valence-corrected chi connectivity index (χ3v) is 5.84. The van der Waals surface area contributed by atoms with E-state index >= 15 is 0 Å². The van der Waals surface area contributed by atoms with E-state index in [1.165, 1.54) is 63.1 Å². The van der Waals surface area contributed by atoms with Gasteiger partial charge in [-0.05, 0) is 62.9 Å². The second-order valence-corrected chi connectivity index (χ2v) is 8.05. The van der Waals surface area contributed by atoms with Crippen molar-refractivity contribution in [1.29, 1.82) is 0 Å². The number of likely N-dealkylation sites (tertiary alicyclic amines) is 1. The van der Waals surface area contributed by atoms with Crippen molar-refractivity contribution in [3.8, 4) is 0 Å². The predicted octanol–water partition coefficient (Wildman–Crippen LogP) is 3.64. The van der Waals surface area contributed by atoms with E-state index in [1.807, 2.05) is 0 Å². The van der Waals surface area contributed by atoms with Gasteiger partial charge in [-0.2, -0.15) is 0 Å². The smallest absolute Gasteiger partial charge is 0.261 e. The van der Waals surface area contributed by atoms with E-state index in [0.717, 1.165) is 12.5 Å². The fourth-order valence-corrected chi connectivity index (χ4v) is 3.91. The van der Waals surface area contributed by atoms with Gasteiger partial charge in [-0.1, -0.05) is 24.4 Å². The lowest BCUT2D eigenvalue weighted by Crippen LogP contribution is -2.39. The van der Waals surface area contributed by atoms with E-state index in [-0.39, 0.29) is 5.91 Å². The number of carbonyl (C=O) groups excluding carboxylic acids is 1. The molecule has 0 unspecified atom stereocenters. The molecule has 2 aliphatic rings. The number of amides is 1. The molecule has 0 bridgehead atoms. The van der Waals surface area contributed by atoms with Crippen molar-refractivity contribution in [1.82, 2.24) is 10.2 Å². The molecule has 1 aliphatic heterocycles. The number of thiophene rings is 1. The summed E-state index contributed by atoms with van der Waals surface area (Å²) in [5.74, 6) is 1.67. The Kier molecular flexibility index (Phi) is 5.19. The van der Waals surface area contributed by atoms with Crippen molar-refractivity contribution in [3.05, 3.63) is 21.3 Å². The monoisotopic (exact) mass is 326 g/mol. The minimum atomic E-state index is 0.0167. The lowest BCUT2D eigenvalue weighted by atomic mass is 9.96. The highest BCUT2D eigenvalue weighted by atomic mass is 35.5. The van der Waals surface area contributed by atoms with E-state index in [4.69, 9.17) is 11.6 Å². The normalized spacial score (nSPS) is 20.6. The molecule has 0 radical (unpaired) electrons. The maximum Gasteiger partial charge on any atom is 0.261 e. The van der Waals surface area contributed by atoms with Gasteiger partial charge in [0, 0.05) is 6.54 Å². The molecule has 1 saturated heterocycles. The summed E-state index contributed by atoms with van der Waals surface area (Å²) < 4.78 is 0.670. The molecule has 1 N–H and O–H groups in total. The van der Waals surface area contributed by atoms with Crippen LogP contribution in [-0.2, 0) is 0 Å². The van der Waals surface area contributed by atoms with Crippen LogP contribution >= 0.6 is 22.9 Å². The molecule has 3 rings (SSSR count). The second-order valence-electron chi connectivity index (χ2n) is 6.33. The molecular weight excluding hydrogens is 304 g/mol. The zero-order valence-electron chi connectivity index (χ0n) is 12.3. The van der Waals surface area contributed by atoms with Crippen LogP contribution in [0.2, 0.25) is 4.34 Å². The maximum atomic E-state index is 12.0. The Balaban J connectivity index is 1.34. The average molecular weight is 327 g/mol. The maximum absolute atomic E-state index is 12.0. The van der Waals surface area contributed by atoms with Crippen molar-refractivity contribution < 1.29 is 4.79 Å². The molecule has 1 aromatic rings. The molecule has 1 aromatic heterocycles. The third-order valence-electron chi connectivity index (χ3n) is 4.61. The van der Waals surface area contributed by atoms with Crippen LogP contribution in [0.3, 0.4) is 0 Å². The fourth-order valence-electron chi connectivity index (χ4n) is 2.95. The molecule has 1 aliphatic carbocycles. The summed E-state index contributed by atoms with van der Waals surface area (Å²) in [4.78, 5) is 15.3. The molecule has 0 spiro atoms. The molecule has 2 fully saturated rings. The van der Waals surface area contributed by atoms with Crippen molar-refractivity contribution in [2.24, 2.45) is 11.8 Å². The number of hydrogen-bond acceptors (Lipinski definition) is 3. The van der Waals surface area contributed by atoms with Gasteiger partial charge >= 0.3 is 0 Å². The molecule has 1 saturated carbocycles. The van der Waals surface area contributed by atoms with E-state index in [2.05, 4.69) is 10.2 Å². The van der Waals surface area contributed by atoms with E-state index in [1.54, 1.807) is 12.1 Å². The van der Waals surface area contributed by atoms with Crippen molar-refractivity contribution in [2.45, 2.75) is 32.1 Å². The zero-order valence-corrected chi connectivity index (χ0v) is 13.9. The summed E-state index contributed by atoms with van der Waals surface area (Å²) in [7, 11) is 0. The Morgan fingerprint density at radius 3 is 2.62 bits per heavy atom. The Morgan fingerprint density at radius 1 is 1.24 bits per heavy atom. The van der Waals surface area contributed by atoms with Crippen LogP contribution in [0.5, 0.6) is 0 Å². The van der Waals surface area contributed by atoms with Crippen LogP contribution in [0.4, 0.5) is 0 Å². The number of halogens is 1. The largest absolute Gasteiger partial charge is 0.351 e. The molecule has 0 aromatic carbocycles. The van der Waals surface area contributed by atoms with E-state index in [0.29, 0.717) is 15.1 Å². The Labute approximate surface area is 135 Å². The van der Waals surface area contributed by atoms with Crippen LogP contribution in [-0.4, -0.2) is 37.0 Å². The summed E-state index contributed by atoms with van der Waals surface area (Å²) in [5, 5.41) is 3.05. The first-order chi connectivity index (χ1) is 10.2. The van der Waals surface area contributed by atoms with Crippen molar-refractivity contribution >= 4 is 28.8 Å². The SMILES string of the molecule is O=C(NCC1CCN(CCC2CC2)CC1)c1ccc(Cl)s1. The Morgan fingerprint density at radius 2 is 2.00 bits per heavy atom. The summed E-state index contributed by atoms with van der Waals surface area (Å²) in [6, 6.07) is 3.57. The lowest BCUT2D eigenvalue weighted by Gasteiger charge is -2.32. The Hall–Kier alpha value is -0.580. The van der Waals surface area contributed by atoms with Gasteiger partial charge in [-0.15, -0.1) is 11.3 Å². The quantitative estimate of drug-likeness (QED) is 0.865. The molecule has 116 valence electrons. The highest BCUT2D eigenvalue weighted by Gasteiger charge is 2.24. The standard InChI is InChI=1S/C16H23ClN2OS/c17-15-4-3-14(21-15)16(20)18-11-13-6-9-19(10-7-13)8-5-12-1-2-12/h3-4,12-13H,1-2,5-11H2,(H,18,20).